The van der Waals surface area contributed by atoms with Gasteiger partial charge in [0.1, 0.15) is 5.56 Å². The monoisotopic (exact) mass is 395 g/mol. The Morgan fingerprint density at radius 2 is 1.86 bits per heavy atom. The summed E-state index contributed by atoms with van der Waals surface area (Å²) in [5.41, 5.74) is 1.81. The molecule has 0 saturated heterocycles. The Balaban J connectivity index is 1.82. The van der Waals surface area contributed by atoms with Crippen molar-refractivity contribution in [2.75, 3.05) is 26.0 Å². The highest BCUT2D eigenvalue weighted by molar-refractivity contribution is 6.05. The van der Waals surface area contributed by atoms with Gasteiger partial charge in [0, 0.05) is 37.0 Å². The van der Waals surface area contributed by atoms with Crippen molar-refractivity contribution in [3.63, 3.8) is 0 Å². The van der Waals surface area contributed by atoms with Crippen LogP contribution in [0.1, 0.15) is 34.8 Å². The molecule has 8 heteroatoms. The van der Waals surface area contributed by atoms with Crippen molar-refractivity contribution < 1.29 is 9.21 Å². The van der Waals surface area contributed by atoms with E-state index in [1.807, 2.05) is 25.9 Å². The molecule has 1 amide bonds. The molecule has 2 heterocycles. The molecule has 152 valence electrons. The minimum Gasteiger partial charge on any atom is -0.421 e. The predicted molar refractivity (Wildman–Crippen MR) is 111 cm³/mol. The van der Waals surface area contributed by atoms with Crippen LogP contribution < -0.4 is 10.9 Å². The number of nitrogens with one attached hydrogen (secondary N) is 1. The topological polar surface area (TPSA) is 93.3 Å². The molecule has 0 radical (unpaired) electrons. The number of hydrogen-bond acceptors (Lipinski definition) is 6. The molecule has 2 aromatic heterocycles. The second-order valence-corrected chi connectivity index (χ2v) is 7.36. The molecule has 1 aromatic carbocycles. The van der Waals surface area contributed by atoms with E-state index < -0.39 is 5.91 Å². The molecule has 0 saturated carbocycles. The number of aromatic nitrogens is 3. The van der Waals surface area contributed by atoms with Crippen LogP contribution in [-0.2, 0) is 0 Å². The Bertz CT molecular complexity index is 1070. The van der Waals surface area contributed by atoms with E-state index in [2.05, 4.69) is 15.5 Å². The third-order valence-corrected chi connectivity index (χ3v) is 4.57. The Hall–Kier alpha value is -3.26. The Morgan fingerprint density at radius 3 is 2.45 bits per heavy atom. The highest BCUT2D eigenvalue weighted by Gasteiger charge is 2.18. The summed E-state index contributed by atoms with van der Waals surface area (Å²) in [5.74, 6) is 0.467. The zero-order valence-corrected chi connectivity index (χ0v) is 17.3. The van der Waals surface area contributed by atoms with Crippen LogP contribution in [0.4, 0.5) is 5.69 Å². The first-order valence-corrected chi connectivity index (χ1v) is 9.34. The van der Waals surface area contributed by atoms with E-state index in [1.54, 1.807) is 54.9 Å². The predicted octanol–water partition coefficient (Wildman–Crippen LogP) is 2.89. The van der Waals surface area contributed by atoms with Crippen molar-refractivity contribution in [2.45, 2.75) is 26.8 Å². The fraction of sp³-hybridized carbons (Fsp3) is 0.333. The number of hydrogen-bond donors (Lipinski definition) is 1. The molecule has 0 bridgehead atoms. The van der Waals surface area contributed by atoms with Gasteiger partial charge in [0.2, 0.25) is 11.8 Å². The highest BCUT2D eigenvalue weighted by atomic mass is 16.4. The number of carbonyl (C=O) groups excluding carboxylic acids is 1. The van der Waals surface area contributed by atoms with Gasteiger partial charge in [0.25, 0.3) is 11.5 Å². The summed E-state index contributed by atoms with van der Waals surface area (Å²) in [4.78, 5) is 27.8. The number of rotatable bonds is 6. The number of nitrogens with zero attached hydrogens (tertiary/aromatic N) is 4. The van der Waals surface area contributed by atoms with E-state index in [9.17, 15) is 9.59 Å². The normalized spacial score (nSPS) is 12.2. The number of amides is 1. The first kappa shape index (κ1) is 20.5. The maximum atomic E-state index is 12.9. The third-order valence-electron chi connectivity index (χ3n) is 4.57. The summed E-state index contributed by atoms with van der Waals surface area (Å²) in [6, 6.07) is 8.76. The van der Waals surface area contributed by atoms with Crippen molar-refractivity contribution in [3.05, 3.63) is 63.9 Å². The van der Waals surface area contributed by atoms with Crippen molar-refractivity contribution in [1.82, 2.24) is 19.7 Å². The van der Waals surface area contributed by atoms with Crippen LogP contribution in [0.15, 0.2) is 45.7 Å². The first-order chi connectivity index (χ1) is 13.8. The molecule has 1 N–H and O–H groups in total. The quantitative estimate of drug-likeness (QED) is 0.690. The maximum Gasteiger partial charge on any atom is 0.263 e. The van der Waals surface area contributed by atoms with Gasteiger partial charge in [0.15, 0.2) is 0 Å². The maximum absolute atomic E-state index is 12.9. The molecule has 0 aliphatic carbocycles. The van der Waals surface area contributed by atoms with Gasteiger partial charge in [0.05, 0.1) is 0 Å². The number of benzene rings is 1. The molecule has 0 spiro atoms. The molecule has 3 aromatic rings. The summed E-state index contributed by atoms with van der Waals surface area (Å²) in [5, 5.41) is 10.6. The van der Waals surface area contributed by atoms with Crippen LogP contribution in [0.3, 0.4) is 0 Å². The van der Waals surface area contributed by atoms with Gasteiger partial charge in [-0.3, -0.25) is 9.59 Å². The molecule has 3 rings (SSSR count). The van der Waals surface area contributed by atoms with E-state index in [1.165, 1.54) is 0 Å². The van der Waals surface area contributed by atoms with E-state index in [0.717, 1.165) is 5.56 Å². The molecular formula is C21H25N5O3. The second-order valence-electron chi connectivity index (χ2n) is 7.36. The number of aryl methyl sites for hydroxylation is 2. The largest absolute Gasteiger partial charge is 0.421 e. The van der Waals surface area contributed by atoms with Gasteiger partial charge in [-0.05, 0) is 63.8 Å². The van der Waals surface area contributed by atoms with Gasteiger partial charge in [-0.1, -0.05) is 0 Å². The number of likely N-dealkylation sites (N-methyl/N-ethyl adjacent to an activating group) is 1. The van der Waals surface area contributed by atoms with Crippen molar-refractivity contribution >= 4 is 11.6 Å². The molecule has 0 aliphatic heterocycles. The molecule has 29 heavy (non-hydrogen) atoms. The zero-order chi connectivity index (χ0) is 21.1. The SMILES string of the molecule is Cc1nnc(-c2ccc(NC(=O)c3c(C)ccn(C(C)CN(C)C)c3=O)cc2)o1. The van der Waals surface area contributed by atoms with Crippen molar-refractivity contribution in [3.8, 4) is 11.5 Å². The second kappa shape index (κ2) is 8.40. The van der Waals surface area contributed by atoms with Gasteiger partial charge < -0.3 is 19.2 Å². The number of pyridine rings is 1. The minimum atomic E-state index is -0.430. The molecular weight excluding hydrogens is 370 g/mol. The van der Waals surface area contributed by atoms with Crippen LogP contribution in [-0.4, -0.2) is 46.2 Å². The van der Waals surface area contributed by atoms with Gasteiger partial charge in [-0.15, -0.1) is 10.2 Å². The van der Waals surface area contributed by atoms with Gasteiger partial charge in [-0.25, -0.2) is 0 Å². The van der Waals surface area contributed by atoms with E-state index in [0.29, 0.717) is 29.6 Å². The van der Waals surface area contributed by atoms with Crippen LogP contribution in [0.2, 0.25) is 0 Å². The Kier molecular flexibility index (Phi) is 5.93. The van der Waals surface area contributed by atoms with Crippen molar-refractivity contribution in [1.29, 1.82) is 0 Å². The average molecular weight is 395 g/mol. The first-order valence-electron chi connectivity index (χ1n) is 9.34. The third kappa shape index (κ3) is 4.60. The summed E-state index contributed by atoms with van der Waals surface area (Å²) < 4.78 is 7.00. The lowest BCUT2D eigenvalue weighted by atomic mass is 10.1. The van der Waals surface area contributed by atoms with E-state index in [4.69, 9.17) is 4.42 Å². The van der Waals surface area contributed by atoms with E-state index in [-0.39, 0.29) is 17.2 Å². The lowest BCUT2D eigenvalue weighted by Crippen LogP contribution is -2.34. The molecule has 0 fully saturated rings. The van der Waals surface area contributed by atoms with Crippen LogP contribution >= 0.6 is 0 Å². The zero-order valence-electron chi connectivity index (χ0n) is 17.3. The molecule has 1 atom stereocenters. The fourth-order valence-corrected chi connectivity index (χ4v) is 3.18. The summed E-state index contributed by atoms with van der Waals surface area (Å²) in [6.07, 6.45) is 1.74. The fourth-order valence-electron chi connectivity index (χ4n) is 3.18. The lowest BCUT2D eigenvalue weighted by Gasteiger charge is -2.20. The van der Waals surface area contributed by atoms with E-state index >= 15 is 0 Å². The number of carbonyl (C=O) groups is 1. The Morgan fingerprint density at radius 1 is 1.17 bits per heavy atom. The summed E-state index contributed by atoms with van der Waals surface area (Å²) in [6.45, 7) is 6.13. The van der Waals surface area contributed by atoms with Gasteiger partial charge in [-0.2, -0.15) is 0 Å². The molecule has 8 nitrogen and oxygen atoms in total. The standard InChI is InChI=1S/C21H25N5O3/c1-13-10-11-26(14(2)12-25(4)5)21(28)18(13)19(27)22-17-8-6-16(7-9-17)20-24-23-15(3)29-20/h6-11,14H,12H2,1-5H3,(H,22,27). The average Bonchev–Trinajstić information content (AvgIpc) is 3.08. The molecule has 0 aliphatic rings. The number of anilines is 1. The lowest BCUT2D eigenvalue weighted by molar-refractivity contribution is 0.102. The van der Waals surface area contributed by atoms with Crippen LogP contribution in [0.25, 0.3) is 11.5 Å². The summed E-state index contributed by atoms with van der Waals surface area (Å²) >= 11 is 0. The minimum absolute atomic E-state index is 0.0539. The van der Waals surface area contributed by atoms with Gasteiger partial charge >= 0.3 is 0 Å². The summed E-state index contributed by atoms with van der Waals surface area (Å²) in [7, 11) is 3.89. The van der Waals surface area contributed by atoms with Crippen LogP contribution in [0, 0.1) is 13.8 Å². The van der Waals surface area contributed by atoms with Crippen molar-refractivity contribution in [2.24, 2.45) is 0 Å². The Labute approximate surface area is 169 Å². The van der Waals surface area contributed by atoms with Crippen LogP contribution in [0.5, 0.6) is 0 Å². The smallest absolute Gasteiger partial charge is 0.263 e. The molecule has 1 unspecified atom stereocenters. The highest BCUT2D eigenvalue weighted by Crippen LogP contribution is 2.20.